The molecule has 0 saturated carbocycles. The fourth-order valence-electron chi connectivity index (χ4n) is 1.19. The molecule has 0 unspecified atom stereocenters. The largest absolute Gasteiger partial charge is 0.384 e. The number of nitro groups is 1. The molecule has 2 rings (SSSR count). The zero-order valence-electron chi connectivity index (χ0n) is 10.7. The Hall–Kier alpha value is -2.70. The topological polar surface area (TPSA) is 121 Å². The Labute approximate surface area is 125 Å². The Morgan fingerprint density at radius 2 is 1.62 bits per heavy atom. The SMILES string of the molecule is C.C.Cc1ccc(N)nc1.Cc1cnc(N)c([N+](=O)[O-])c1. The Bertz CT molecular complexity index is 549. The van der Waals surface area contributed by atoms with Crippen molar-refractivity contribution in [2.24, 2.45) is 0 Å². The van der Waals surface area contributed by atoms with Crippen LogP contribution in [0.1, 0.15) is 26.0 Å². The summed E-state index contributed by atoms with van der Waals surface area (Å²) in [6.45, 7) is 3.70. The maximum atomic E-state index is 10.3. The highest BCUT2D eigenvalue weighted by molar-refractivity contribution is 5.52. The Balaban J connectivity index is 0. The van der Waals surface area contributed by atoms with Crippen LogP contribution in [-0.2, 0) is 0 Å². The highest BCUT2D eigenvalue weighted by Gasteiger charge is 2.11. The molecule has 116 valence electrons. The zero-order valence-corrected chi connectivity index (χ0v) is 10.7. The smallest absolute Gasteiger partial charge is 0.311 e. The first-order valence-electron chi connectivity index (χ1n) is 5.45. The average Bonchev–Trinajstić information content (AvgIpc) is 2.36. The lowest BCUT2D eigenvalue weighted by molar-refractivity contribution is -0.384. The van der Waals surface area contributed by atoms with E-state index in [1.165, 1.54) is 12.3 Å². The minimum atomic E-state index is -0.546. The summed E-state index contributed by atoms with van der Waals surface area (Å²) < 4.78 is 0. The summed E-state index contributed by atoms with van der Waals surface area (Å²) in [4.78, 5) is 17.2. The molecular formula is C14H23N5O2. The molecule has 2 aromatic rings. The number of anilines is 2. The number of pyridine rings is 2. The molecule has 21 heavy (non-hydrogen) atoms. The molecule has 7 heteroatoms. The van der Waals surface area contributed by atoms with Crippen molar-refractivity contribution in [1.82, 2.24) is 9.97 Å². The maximum Gasteiger partial charge on any atom is 0.311 e. The van der Waals surface area contributed by atoms with Crippen LogP contribution in [0.2, 0.25) is 0 Å². The lowest BCUT2D eigenvalue weighted by atomic mass is 10.3. The van der Waals surface area contributed by atoms with E-state index in [2.05, 4.69) is 9.97 Å². The van der Waals surface area contributed by atoms with E-state index >= 15 is 0 Å². The molecule has 4 N–H and O–H groups in total. The van der Waals surface area contributed by atoms with Crippen LogP contribution in [-0.4, -0.2) is 14.9 Å². The quantitative estimate of drug-likeness (QED) is 0.615. The van der Waals surface area contributed by atoms with E-state index in [1.54, 1.807) is 19.2 Å². The van der Waals surface area contributed by atoms with Gasteiger partial charge in [-0.25, -0.2) is 9.97 Å². The Kier molecular flexibility index (Phi) is 9.07. The number of nitrogens with two attached hydrogens (primary N) is 2. The monoisotopic (exact) mass is 293 g/mol. The highest BCUT2D eigenvalue weighted by Crippen LogP contribution is 2.18. The van der Waals surface area contributed by atoms with Gasteiger partial charge in [0.05, 0.1) is 4.92 Å². The molecule has 0 aliphatic rings. The van der Waals surface area contributed by atoms with Gasteiger partial charge in [0.25, 0.3) is 0 Å². The first kappa shape index (κ1) is 20.6. The standard InChI is InChI=1S/C6H7N3O2.C6H8N2.2CH4/c1-4-2-5(9(10)11)6(7)8-3-4;1-5-2-3-6(7)8-4-5;;/h2-3H,1H3,(H2,7,8);2-4H,1H3,(H2,7,8);2*1H4. The first-order chi connectivity index (χ1) is 8.90. The molecule has 0 amide bonds. The van der Waals surface area contributed by atoms with Crippen LogP contribution < -0.4 is 11.5 Å². The third-order valence-corrected chi connectivity index (χ3v) is 2.17. The van der Waals surface area contributed by atoms with E-state index in [0.29, 0.717) is 5.82 Å². The number of nitrogens with zero attached hydrogens (tertiary/aromatic N) is 3. The maximum absolute atomic E-state index is 10.3. The molecule has 0 aromatic carbocycles. The minimum Gasteiger partial charge on any atom is -0.384 e. The summed E-state index contributed by atoms with van der Waals surface area (Å²) in [6.07, 6.45) is 3.23. The molecule has 0 saturated heterocycles. The molecule has 0 aliphatic carbocycles. The Morgan fingerprint density at radius 1 is 1.05 bits per heavy atom. The van der Waals surface area contributed by atoms with Gasteiger partial charge in [-0.3, -0.25) is 10.1 Å². The van der Waals surface area contributed by atoms with Crippen LogP contribution in [0.5, 0.6) is 0 Å². The highest BCUT2D eigenvalue weighted by atomic mass is 16.6. The van der Waals surface area contributed by atoms with Crippen LogP contribution in [0.3, 0.4) is 0 Å². The molecule has 0 spiro atoms. The van der Waals surface area contributed by atoms with Crippen molar-refractivity contribution in [3.8, 4) is 0 Å². The second-order valence-electron chi connectivity index (χ2n) is 3.93. The molecule has 2 aromatic heterocycles. The number of hydrogen-bond acceptors (Lipinski definition) is 6. The number of aryl methyl sites for hydroxylation is 2. The van der Waals surface area contributed by atoms with Crippen LogP contribution in [0.4, 0.5) is 17.3 Å². The van der Waals surface area contributed by atoms with Crippen molar-refractivity contribution < 1.29 is 4.92 Å². The van der Waals surface area contributed by atoms with Crippen molar-refractivity contribution in [3.63, 3.8) is 0 Å². The van der Waals surface area contributed by atoms with Crippen molar-refractivity contribution in [2.45, 2.75) is 28.7 Å². The lowest BCUT2D eigenvalue weighted by Gasteiger charge is -1.95. The van der Waals surface area contributed by atoms with Gasteiger partial charge in [0.1, 0.15) is 5.82 Å². The normalized spacial score (nSPS) is 8.48. The van der Waals surface area contributed by atoms with Gasteiger partial charge in [-0.1, -0.05) is 20.9 Å². The van der Waals surface area contributed by atoms with Crippen LogP contribution in [0.15, 0.2) is 30.6 Å². The van der Waals surface area contributed by atoms with Crippen molar-refractivity contribution in [2.75, 3.05) is 11.5 Å². The molecule has 0 aliphatic heterocycles. The van der Waals surface area contributed by atoms with E-state index in [-0.39, 0.29) is 26.4 Å². The number of aromatic nitrogens is 2. The summed E-state index contributed by atoms with van der Waals surface area (Å²) in [7, 11) is 0. The van der Waals surface area contributed by atoms with Gasteiger partial charge in [-0.2, -0.15) is 0 Å². The van der Waals surface area contributed by atoms with Crippen LogP contribution in [0.25, 0.3) is 0 Å². The van der Waals surface area contributed by atoms with Gasteiger partial charge in [0.15, 0.2) is 0 Å². The number of hydrogen-bond donors (Lipinski definition) is 2. The molecule has 2 heterocycles. The molecular weight excluding hydrogens is 270 g/mol. The predicted octanol–water partition coefficient (Wildman–Crippen LogP) is 3.12. The summed E-state index contributed by atoms with van der Waals surface area (Å²) >= 11 is 0. The fraction of sp³-hybridized carbons (Fsp3) is 0.286. The van der Waals surface area contributed by atoms with E-state index < -0.39 is 4.92 Å². The van der Waals surface area contributed by atoms with Gasteiger partial charge < -0.3 is 11.5 Å². The summed E-state index contributed by atoms with van der Waals surface area (Å²) in [5.74, 6) is 0.538. The van der Waals surface area contributed by atoms with Crippen molar-refractivity contribution >= 4 is 17.3 Å². The van der Waals surface area contributed by atoms with Gasteiger partial charge >= 0.3 is 5.69 Å². The number of rotatable bonds is 1. The second-order valence-corrected chi connectivity index (χ2v) is 3.93. The van der Waals surface area contributed by atoms with Gasteiger partial charge in [0, 0.05) is 18.5 Å². The van der Waals surface area contributed by atoms with Crippen molar-refractivity contribution in [1.29, 1.82) is 0 Å². The van der Waals surface area contributed by atoms with E-state index in [4.69, 9.17) is 11.5 Å². The number of nitrogen functional groups attached to an aromatic ring is 2. The minimum absolute atomic E-state index is 0. The third kappa shape index (κ3) is 6.86. The summed E-state index contributed by atoms with van der Waals surface area (Å²) in [5, 5.41) is 10.3. The lowest BCUT2D eigenvalue weighted by Crippen LogP contribution is -1.98. The second kappa shape index (κ2) is 9.24. The first-order valence-corrected chi connectivity index (χ1v) is 5.45. The van der Waals surface area contributed by atoms with Gasteiger partial charge in [0.2, 0.25) is 5.82 Å². The van der Waals surface area contributed by atoms with Crippen LogP contribution in [0, 0.1) is 24.0 Å². The van der Waals surface area contributed by atoms with Crippen molar-refractivity contribution in [3.05, 3.63) is 51.8 Å². The molecule has 0 radical (unpaired) electrons. The third-order valence-electron chi connectivity index (χ3n) is 2.17. The molecule has 0 bridgehead atoms. The molecule has 0 fully saturated rings. The van der Waals surface area contributed by atoms with E-state index in [9.17, 15) is 10.1 Å². The average molecular weight is 293 g/mol. The van der Waals surface area contributed by atoms with Gasteiger partial charge in [-0.15, -0.1) is 0 Å². The van der Waals surface area contributed by atoms with E-state index in [1.807, 2.05) is 13.0 Å². The molecule has 0 atom stereocenters. The molecule has 7 nitrogen and oxygen atoms in total. The Morgan fingerprint density at radius 3 is 2.00 bits per heavy atom. The van der Waals surface area contributed by atoms with Crippen LogP contribution >= 0.6 is 0 Å². The van der Waals surface area contributed by atoms with E-state index in [0.717, 1.165) is 11.1 Å². The predicted molar refractivity (Wildman–Crippen MR) is 86.9 cm³/mol. The summed E-state index contributed by atoms with van der Waals surface area (Å²) in [6, 6.07) is 5.11. The van der Waals surface area contributed by atoms with Gasteiger partial charge in [-0.05, 0) is 31.0 Å². The fourth-order valence-corrected chi connectivity index (χ4v) is 1.19. The zero-order chi connectivity index (χ0) is 14.4. The summed E-state index contributed by atoms with van der Waals surface area (Å²) in [5.41, 5.74) is 12.3.